The molecule has 18 heavy (non-hydrogen) atoms. The summed E-state index contributed by atoms with van der Waals surface area (Å²) < 4.78 is 10.2. The fourth-order valence-electron chi connectivity index (χ4n) is 1.83. The van der Waals surface area contributed by atoms with Crippen LogP contribution in [0.1, 0.15) is 20.8 Å². The monoisotopic (exact) mass is 258 g/mol. The highest BCUT2D eigenvalue weighted by atomic mass is 16.5. The Balaban J connectivity index is 2.82. The average Bonchev–Trinajstić information content (AvgIpc) is 2.38. The Morgan fingerprint density at radius 1 is 1.44 bits per heavy atom. The van der Waals surface area contributed by atoms with Gasteiger partial charge in [-0.3, -0.25) is 4.79 Å². The molecule has 1 atom stereocenters. The zero-order valence-corrected chi connectivity index (χ0v) is 11.5. The zero-order chi connectivity index (χ0) is 13.8. The average molecular weight is 258 g/mol. The van der Waals surface area contributed by atoms with Crippen LogP contribution in [0.25, 0.3) is 0 Å². The molecule has 0 aromatic heterocycles. The second kappa shape index (κ2) is 6.15. The maximum Gasteiger partial charge on any atom is 0.330 e. The number of ether oxygens (including phenoxy) is 2. The first-order chi connectivity index (χ1) is 8.44. The number of hydrogen-bond acceptors (Lipinski definition) is 5. The molecule has 104 valence electrons. The van der Waals surface area contributed by atoms with E-state index in [4.69, 9.17) is 9.47 Å². The Morgan fingerprint density at radius 2 is 2.11 bits per heavy atom. The van der Waals surface area contributed by atoms with Crippen LogP contribution >= 0.6 is 0 Å². The fraction of sp³-hybridized carbons (Fsp3) is 0.833. The molecular formula is C12H22N2O4. The van der Waals surface area contributed by atoms with Crippen molar-refractivity contribution < 1.29 is 19.1 Å². The van der Waals surface area contributed by atoms with Crippen LogP contribution in [-0.2, 0) is 19.1 Å². The largest absolute Gasteiger partial charge is 0.464 e. The molecule has 0 bridgehead atoms. The smallest absolute Gasteiger partial charge is 0.330 e. The standard InChI is InChI=1S/C12H22N2O4/c1-5-18-10(15)9-8-13-6-7-14(9)11(16)12(2,3)17-4/h9,13H,5-8H2,1-4H3. The lowest BCUT2D eigenvalue weighted by molar-refractivity contribution is -0.164. The van der Waals surface area contributed by atoms with Gasteiger partial charge in [-0.25, -0.2) is 4.79 Å². The van der Waals surface area contributed by atoms with E-state index in [1.165, 1.54) is 12.0 Å². The maximum absolute atomic E-state index is 12.3. The van der Waals surface area contributed by atoms with Crippen LogP contribution in [0.15, 0.2) is 0 Å². The minimum Gasteiger partial charge on any atom is -0.464 e. The summed E-state index contributed by atoms with van der Waals surface area (Å²) in [6.45, 7) is 7.02. The lowest BCUT2D eigenvalue weighted by atomic mass is 10.0. The SMILES string of the molecule is CCOC(=O)C1CNCCN1C(=O)C(C)(C)OC. The number of carbonyl (C=O) groups excluding carboxylic acids is 2. The van der Waals surface area contributed by atoms with Crippen molar-refractivity contribution in [2.75, 3.05) is 33.4 Å². The topological polar surface area (TPSA) is 67.9 Å². The van der Waals surface area contributed by atoms with E-state index in [0.29, 0.717) is 26.2 Å². The van der Waals surface area contributed by atoms with E-state index in [2.05, 4.69) is 5.32 Å². The van der Waals surface area contributed by atoms with Crippen LogP contribution in [0.5, 0.6) is 0 Å². The summed E-state index contributed by atoms with van der Waals surface area (Å²) in [4.78, 5) is 25.7. The summed E-state index contributed by atoms with van der Waals surface area (Å²) in [7, 11) is 1.49. The predicted molar refractivity (Wildman–Crippen MR) is 66.1 cm³/mol. The minimum absolute atomic E-state index is 0.190. The number of nitrogens with one attached hydrogen (secondary N) is 1. The number of piperazine rings is 1. The Bertz CT molecular complexity index is 317. The lowest BCUT2D eigenvalue weighted by Gasteiger charge is -2.38. The first-order valence-corrected chi connectivity index (χ1v) is 6.17. The first kappa shape index (κ1) is 14.9. The molecule has 1 saturated heterocycles. The van der Waals surface area contributed by atoms with Gasteiger partial charge in [0.1, 0.15) is 11.6 Å². The van der Waals surface area contributed by atoms with Gasteiger partial charge < -0.3 is 19.7 Å². The van der Waals surface area contributed by atoms with Crippen LogP contribution in [-0.4, -0.2) is 61.8 Å². The second-order valence-electron chi connectivity index (χ2n) is 4.68. The van der Waals surface area contributed by atoms with Crippen LogP contribution in [0.4, 0.5) is 0 Å². The highest BCUT2D eigenvalue weighted by molar-refractivity contribution is 5.89. The summed E-state index contributed by atoms with van der Waals surface area (Å²) in [6.07, 6.45) is 0. The molecule has 1 N–H and O–H groups in total. The zero-order valence-electron chi connectivity index (χ0n) is 11.5. The van der Waals surface area contributed by atoms with Crippen molar-refractivity contribution in [1.29, 1.82) is 0 Å². The van der Waals surface area contributed by atoms with Crippen LogP contribution in [0.3, 0.4) is 0 Å². The quantitative estimate of drug-likeness (QED) is 0.706. The van der Waals surface area contributed by atoms with Gasteiger partial charge in [-0.05, 0) is 20.8 Å². The van der Waals surface area contributed by atoms with Crippen LogP contribution in [0.2, 0.25) is 0 Å². The minimum atomic E-state index is -0.928. The summed E-state index contributed by atoms with van der Waals surface area (Å²) in [5.41, 5.74) is -0.928. The maximum atomic E-state index is 12.3. The van der Waals surface area contributed by atoms with Gasteiger partial charge in [-0.2, -0.15) is 0 Å². The van der Waals surface area contributed by atoms with Crippen LogP contribution < -0.4 is 5.32 Å². The van der Waals surface area contributed by atoms with E-state index in [9.17, 15) is 9.59 Å². The highest BCUT2D eigenvalue weighted by Crippen LogP contribution is 2.16. The van der Waals surface area contributed by atoms with Gasteiger partial charge in [-0.1, -0.05) is 0 Å². The third-order valence-electron chi connectivity index (χ3n) is 3.09. The molecule has 0 spiro atoms. The van der Waals surface area contributed by atoms with E-state index in [1.807, 2.05) is 0 Å². The third kappa shape index (κ3) is 3.20. The molecule has 0 aromatic carbocycles. The molecule has 6 heteroatoms. The molecule has 0 aliphatic carbocycles. The molecule has 6 nitrogen and oxygen atoms in total. The van der Waals surface area contributed by atoms with Crippen molar-refractivity contribution in [3.63, 3.8) is 0 Å². The number of rotatable bonds is 4. The molecule has 1 heterocycles. The lowest BCUT2D eigenvalue weighted by Crippen LogP contribution is -2.61. The number of carbonyl (C=O) groups is 2. The van der Waals surface area contributed by atoms with Gasteiger partial charge in [0.15, 0.2) is 0 Å². The van der Waals surface area contributed by atoms with Gasteiger partial charge >= 0.3 is 5.97 Å². The molecule has 1 fully saturated rings. The summed E-state index contributed by atoms with van der Waals surface area (Å²) in [5.74, 6) is -0.561. The number of amides is 1. The van der Waals surface area contributed by atoms with E-state index < -0.39 is 11.6 Å². The van der Waals surface area contributed by atoms with Gasteiger partial charge in [0.05, 0.1) is 6.61 Å². The van der Waals surface area contributed by atoms with E-state index in [0.717, 1.165) is 0 Å². The summed E-state index contributed by atoms with van der Waals surface area (Å²) in [5, 5.41) is 3.09. The van der Waals surface area contributed by atoms with Crippen molar-refractivity contribution in [2.24, 2.45) is 0 Å². The number of esters is 1. The molecule has 1 aliphatic heterocycles. The Hall–Kier alpha value is -1.14. The van der Waals surface area contributed by atoms with Crippen molar-refractivity contribution in [3.8, 4) is 0 Å². The second-order valence-corrected chi connectivity index (χ2v) is 4.68. The van der Waals surface area contributed by atoms with Gasteiger partial charge in [0, 0.05) is 26.7 Å². The molecule has 0 saturated carbocycles. The van der Waals surface area contributed by atoms with Crippen molar-refractivity contribution in [2.45, 2.75) is 32.4 Å². The van der Waals surface area contributed by atoms with Gasteiger partial charge in [0.25, 0.3) is 5.91 Å². The van der Waals surface area contributed by atoms with E-state index >= 15 is 0 Å². The molecule has 1 unspecified atom stereocenters. The van der Waals surface area contributed by atoms with Crippen molar-refractivity contribution >= 4 is 11.9 Å². The predicted octanol–water partition coefficient (Wildman–Crippen LogP) is -0.225. The van der Waals surface area contributed by atoms with Crippen LogP contribution in [0, 0.1) is 0 Å². The fourth-order valence-corrected chi connectivity index (χ4v) is 1.83. The van der Waals surface area contributed by atoms with E-state index in [-0.39, 0.29) is 11.9 Å². The van der Waals surface area contributed by atoms with Crippen molar-refractivity contribution in [1.82, 2.24) is 10.2 Å². The Morgan fingerprint density at radius 3 is 2.67 bits per heavy atom. The third-order valence-corrected chi connectivity index (χ3v) is 3.09. The van der Waals surface area contributed by atoms with Crippen molar-refractivity contribution in [3.05, 3.63) is 0 Å². The Labute approximate surface area is 108 Å². The summed E-state index contributed by atoms with van der Waals surface area (Å²) in [6, 6.07) is -0.569. The number of methoxy groups -OCH3 is 1. The number of nitrogens with zero attached hydrogens (tertiary/aromatic N) is 1. The molecule has 0 radical (unpaired) electrons. The number of hydrogen-bond donors (Lipinski definition) is 1. The van der Waals surface area contributed by atoms with Gasteiger partial charge in [0.2, 0.25) is 0 Å². The molecule has 0 aromatic rings. The molecule has 1 aliphatic rings. The Kier molecular flexibility index (Phi) is 5.10. The molecule has 1 amide bonds. The molecular weight excluding hydrogens is 236 g/mol. The van der Waals surface area contributed by atoms with Gasteiger partial charge in [-0.15, -0.1) is 0 Å². The van der Waals surface area contributed by atoms with E-state index in [1.54, 1.807) is 20.8 Å². The normalized spacial score (nSPS) is 20.7. The summed E-state index contributed by atoms with van der Waals surface area (Å²) >= 11 is 0. The molecule has 1 rings (SSSR count). The first-order valence-electron chi connectivity index (χ1n) is 6.17. The highest BCUT2D eigenvalue weighted by Gasteiger charge is 2.39.